The minimum atomic E-state index is -1.64. The van der Waals surface area contributed by atoms with Gasteiger partial charge in [-0.25, -0.2) is 0 Å². The number of fused-ring (bicyclic) bond motifs is 2. The SMILES string of the molecule is CCC1(CC(=O)O)OC(c2cccc3ccccc23)c2cc(Cl)ccc2N(CC(C)(C)C=O)C1=O. The highest BCUT2D eigenvalue weighted by molar-refractivity contribution is 6.30. The van der Waals surface area contributed by atoms with Crippen molar-refractivity contribution in [1.82, 2.24) is 0 Å². The number of aldehydes is 1. The number of nitrogens with zero attached hydrogens (tertiary/aromatic N) is 1. The molecule has 3 aromatic rings. The minimum absolute atomic E-state index is 0.0664. The Bertz CT molecular complexity index is 1300. The van der Waals surface area contributed by atoms with Crippen LogP contribution in [-0.2, 0) is 19.1 Å². The van der Waals surface area contributed by atoms with Gasteiger partial charge in [0.1, 0.15) is 12.4 Å². The van der Waals surface area contributed by atoms with Gasteiger partial charge in [-0.2, -0.15) is 0 Å². The van der Waals surface area contributed by atoms with Crippen molar-refractivity contribution in [2.75, 3.05) is 11.4 Å². The van der Waals surface area contributed by atoms with E-state index in [4.69, 9.17) is 16.3 Å². The van der Waals surface area contributed by atoms with Gasteiger partial charge in [-0.3, -0.25) is 9.59 Å². The monoisotopic (exact) mass is 493 g/mol. The number of aliphatic carboxylic acids is 1. The Hall–Kier alpha value is -3.22. The molecule has 0 bridgehead atoms. The first-order chi connectivity index (χ1) is 16.6. The third-order valence-corrected chi connectivity index (χ3v) is 6.77. The summed E-state index contributed by atoms with van der Waals surface area (Å²) in [4.78, 5) is 39.4. The van der Waals surface area contributed by atoms with Crippen LogP contribution in [0.25, 0.3) is 10.8 Å². The Morgan fingerprint density at radius 2 is 1.86 bits per heavy atom. The van der Waals surface area contributed by atoms with E-state index in [1.54, 1.807) is 39.0 Å². The van der Waals surface area contributed by atoms with Crippen LogP contribution in [0.1, 0.15) is 50.8 Å². The van der Waals surface area contributed by atoms with E-state index in [9.17, 15) is 19.5 Å². The number of carboxylic acid groups (broad SMARTS) is 1. The highest BCUT2D eigenvalue weighted by atomic mass is 35.5. The quantitative estimate of drug-likeness (QED) is 0.421. The first-order valence-corrected chi connectivity index (χ1v) is 11.9. The molecule has 0 aliphatic carbocycles. The Morgan fingerprint density at radius 3 is 2.54 bits per heavy atom. The van der Waals surface area contributed by atoms with Crippen LogP contribution >= 0.6 is 11.6 Å². The standard InChI is InChI=1S/C28H28ClNO5/c1-4-28(15-24(32)33)26(34)30(16-27(2,3)17-31)23-13-12-19(29)14-22(23)25(35-28)21-11-7-9-18-8-5-6-10-20(18)21/h5-14,17,25H,4,15-16H2,1-3H3,(H,32,33). The van der Waals surface area contributed by atoms with Crippen LogP contribution in [-0.4, -0.2) is 35.4 Å². The second-order valence-corrected chi connectivity index (χ2v) is 10.1. The lowest BCUT2D eigenvalue weighted by atomic mass is 9.90. The number of ether oxygens (including phenoxy) is 1. The Balaban J connectivity index is 2.03. The largest absolute Gasteiger partial charge is 0.481 e. The van der Waals surface area contributed by atoms with Gasteiger partial charge in [0.25, 0.3) is 5.91 Å². The normalized spacial score (nSPS) is 20.4. The van der Waals surface area contributed by atoms with Crippen molar-refractivity contribution < 1.29 is 24.2 Å². The molecule has 7 heteroatoms. The number of carboxylic acids is 1. The summed E-state index contributed by atoms with van der Waals surface area (Å²) < 4.78 is 6.61. The van der Waals surface area contributed by atoms with Crippen LogP contribution in [0.4, 0.5) is 5.69 Å². The molecule has 0 saturated carbocycles. The number of amides is 1. The number of hydrogen-bond acceptors (Lipinski definition) is 4. The number of anilines is 1. The third-order valence-electron chi connectivity index (χ3n) is 6.54. The number of hydrogen-bond donors (Lipinski definition) is 1. The van der Waals surface area contributed by atoms with E-state index in [-0.39, 0.29) is 13.0 Å². The van der Waals surface area contributed by atoms with Gasteiger partial charge in [0.15, 0.2) is 5.60 Å². The molecule has 4 rings (SSSR count). The predicted octanol–water partition coefficient (Wildman–Crippen LogP) is 5.79. The second-order valence-electron chi connectivity index (χ2n) is 9.69. The fourth-order valence-corrected chi connectivity index (χ4v) is 4.89. The zero-order valence-corrected chi connectivity index (χ0v) is 20.7. The third kappa shape index (κ3) is 4.68. The molecule has 3 aromatic carbocycles. The number of rotatable bonds is 7. The highest BCUT2D eigenvalue weighted by Crippen LogP contribution is 2.46. The second kappa shape index (κ2) is 9.44. The summed E-state index contributed by atoms with van der Waals surface area (Å²) in [7, 11) is 0. The summed E-state index contributed by atoms with van der Waals surface area (Å²) in [5.41, 5.74) is -0.511. The van der Waals surface area contributed by atoms with Gasteiger partial charge in [0.05, 0.1) is 12.1 Å². The summed E-state index contributed by atoms with van der Waals surface area (Å²) in [5, 5.41) is 12.2. The van der Waals surface area contributed by atoms with Crippen LogP contribution in [0.2, 0.25) is 5.02 Å². The summed E-state index contributed by atoms with van der Waals surface area (Å²) in [6, 6.07) is 18.8. The molecule has 0 radical (unpaired) electrons. The molecule has 0 spiro atoms. The van der Waals surface area contributed by atoms with Gasteiger partial charge in [-0.15, -0.1) is 0 Å². The average molecular weight is 494 g/mol. The van der Waals surface area contributed by atoms with Crippen molar-refractivity contribution in [3.63, 3.8) is 0 Å². The average Bonchev–Trinajstić information content (AvgIpc) is 2.92. The fourth-order valence-electron chi connectivity index (χ4n) is 4.71. The van der Waals surface area contributed by atoms with Crippen molar-refractivity contribution >= 4 is 46.2 Å². The number of benzene rings is 3. The molecular formula is C28H28ClNO5. The molecule has 2 atom stereocenters. The molecule has 6 nitrogen and oxygen atoms in total. The molecule has 0 aromatic heterocycles. The molecule has 0 fully saturated rings. The lowest BCUT2D eigenvalue weighted by molar-refractivity contribution is -0.162. The molecule has 1 heterocycles. The predicted molar refractivity (Wildman–Crippen MR) is 136 cm³/mol. The Kier molecular flexibility index (Phi) is 6.71. The molecule has 1 N–H and O–H groups in total. The number of carbonyl (C=O) groups excluding carboxylic acids is 2. The first kappa shape index (κ1) is 24.9. The first-order valence-electron chi connectivity index (χ1n) is 11.6. The van der Waals surface area contributed by atoms with Gasteiger partial charge in [-0.05, 0) is 41.0 Å². The number of halogens is 1. The van der Waals surface area contributed by atoms with E-state index < -0.39 is 35.4 Å². The van der Waals surface area contributed by atoms with E-state index in [0.717, 1.165) is 22.6 Å². The van der Waals surface area contributed by atoms with E-state index in [2.05, 4.69) is 0 Å². The van der Waals surface area contributed by atoms with Crippen molar-refractivity contribution in [1.29, 1.82) is 0 Å². The maximum Gasteiger partial charge on any atom is 0.306 e. The van der Waals surface area contributed by atoms with E-state index in [0.29, 0.717) is 16.3 Å². The van der Waals surface area contributed by atoms with Gasteiger partial charge in [-0.1, -0.05) is 74.8 Å². The lowest BCUT2D eigenvalue weighted by Crippen LogP contribution is -2.53. The van der Waals surface area contributed by atoms with E-state index >= 15 is 0 Å². The molecule has 35 heavy (non-hydrogen) atoms. The van der Waals surface area contributed by atoms with Crippen molar-refractivity contribution in [3.8, 4) is 0 Å². The van der Waals surface area contributed by atoms with Crippen LogP contribution in [0.15, 0.2) is 60.7 Å². The van der Waals surface area contributed by atoms with Gasteiger partial charge >= 0.3 is 5.97 Å². The van der Waals surface area contributed by atoms with E-state index in [1.807, 2.05) is 42.5 Å². The zero-order chi connectivity index (χ0) is 25.4. The molecule has 1 amide bonds. The summed E-state index contributed by atoms with van der Waals surface area (Å²) in [5.74, 6) is -1.63. The van der Waals surface area contributed by atoms with Crippen molar-refractivity contribution in [2.45, 2.75) is 45.3 Å². The van der Waals surface area contributed by atoms with Gasteiger partial charge in [0, 0.05) is 22.5 Å². The maximum atomic E-state index is 14.1. The maximum absolute atomic E-state index is 14.1. The van der Waals surface area contributed by atoms with Gasteiger partial charge in [0.2, 0.25) is 0 Å². The topological polar surface area (TPSA) is 83.9 Å². The highest BCUT2D eigenvalue weighted by Gasteiger charge is 2.49. The summed E-state index contributed by atoms with van der Waals surface area (Å²) >= 11 is 6.43. The lowest BCUT2D eigenvalue weighted by Gasteiger charge is -2.36. The number of carbonyl (C=O) groups is 3. The van der Waals surface area contributed by atoms with Crippen molar-refractivity contribution in [3.05, 3.63) is 76.8 Å². The molecule has 0 saturated heterocycles. The smallest absolute Gasteiger partial charge is 0.306 e. The van der Waals surface area contributed by atoms with Crippen LogP contribution in [0.3, 0.4) is 0 Å². The molecular weight excluding hydrogens is 466 g/mol. The van der Waals surface area contributed by atoms with Crippen molar-refractivity contribution in [2.24, 2.45) is 5.41 Å². The molecule has 182 valence electrons. The molecule has 1 aliphatic rings. The molecule has 2 unspecified atom stereocenters. The summed E-state index contributed by atoms with van der Waals surface area (Å²) in [6.45, 7) is 5.28. The fraction of sp³-hybridized carbons (Fsp3) is 0.321. The Morgan fingerprint density at radius 1 is 1.14 bits per heavy atom. The van der Waals surface area contributed by atoms with Crippen LogP contribution in [0.5, 0.6) is 0 Å². The molecule has 1 aliphatic heterocycles. The van der Waals surface area contributed by atoms with Gasteiger partial charge < -0.3 is 19.5 Å². The minimum Gasteiger partial charge on any atom is -0.481 e. The zero-order valence-electron chi connectivity index (χ0n) is 20.0. The summed E-state index contributed by atoms with van der Waals surface area (Å²) in [6.07, 6.45) is -0.334. The van der Waals surface area contributed by atoms with E-state index in [1.165, 1.54) is 4.90 Å². The van der Waals surface area contributed by atoms with Crippen LogP contribution < -0.4 is 4.90 Å². The van der Waals surface area contributed by atoms with Crippen LogP contribution in [0, 0.1) is 5.41 Å². The Labute approximate surface area is 209 Å².